The van der Waals surface area contributed by atoms with Gasteiger partial charge in [-0.3, -0.25) is 0 Å². The molecule has 0 saturated carbocycles. The molecule has 3 nitrogen and oxygen atoms in total. The lowest BCUT2D eigenvalue weighted by Crippen LogP contribution is -2.33. The zero-order chi connectivity index (χ0) is 22.3. The third-order valence-corrected chi connectivity index (χ3v) is 6.09. The monoisotopic (exact) mass is 431 g/mol. The van der Waals surface area contributed by atoms with E-state index >= 15 is 0 Å². The molecule has 1 aliphatic rings. The van der Waals surface area contributed by atoms with Crippen molar-refractivity contribution < 1.29 is 4.39 Å². The van der Waals surface area contributed by atoms with Crippen LogP contribution in [-0.4, -0.2) is 37.6 Å². The molecule has 0 aliphatic carbocycles. The van der Waals surface area contributed by atoms with Gasteiger partial charge in [-0.1, -0.05) is 74.5 Å². The van der Waals surface area contributed by atoms with Gasteiger partial charge in [0.1, 0.15) is 5.82 Å². The molecular formula is C28H34FN3. The van der Waals surface area contributed by atoms with Crippen LogP contribution < -0.4 is 10.2 Å². The average Bonchev–Trinajstić information content (AvgIpc) is 3.05. The number of nitrogens with one attached hydrogen (secondary N) is 1. The van der Waals surface area contributed by atoms with Crippen molar-refractivity contribution in [3.63, 3.8) is 0 Å². The molecular weight excluding hydrogens is 397 g/mol. The molecule has 4 heteroatoms. The maximum absolute atomic E-state index is 14.9. The van der Waals surface area contributed by atoms with Gasteiger partial charge in [-0.05, 0) is 48.2 Å². The SMILES string of the molecule is CC(C)CN1CCCN(c2ccc(F)c(NC(c3ccccc3)c3ccccc3)c2)CC1. The predicted octanol–water partition coefficient (Wildman–Crippen LogP) is 6.20. The normalized spacial score (nSPS) is 15.2. The molecule has 0 atom stereocenters. The molecule has 1 aliphatic heterocycles. The first-order valence-corrected chi connectivity index (χ1v) is 11.7. The zero-order valence-electron chi connectivity index (χ0n) is 19.2. The van der Waals surface area contributed by atoms with Crippen molar-refractivity contribution in [3.05, 3.63) is 95.8 Å². The van der Waals surface area contributed by atoms with E-state index < -0.39 is 0 Å². The summed E-state index contributed by atoms with van der Waals surface area (Å²) in [5.41, 5.74) is 3.86. The summed E-state index contributed by atoms with van der Waals surface area (Å²) < 4.78 is 14.9. The van der Waals surface area contributed by atoms with E-state index in [1.165, 1.54) is 0 Å². The van der Waals surface area contributed by atoms with Crippen molar-refractivity contribution in [1.82, 2.24) is 4.90 Å². The summed E-state index contributed by atoms with van der Waals surface area (Å²) in [5.74, 6) is 0.456. The van der Waals surface area contributed by atoms with Crippen LogP contribution in [0.1, 0.15) is 37.4 Å². The third kappa shape index (κ3) is 5.68. The standard InChI is InChI=1S/C28H34FN3/c1-22(2)21-31-16-9-17-32(19-18-31)25-14-15-26(29)27(20-25)30-28(23-10-5-3-6-11-23)24-12-7-4-8-13-24/h3-8,10-15,20,22,28,30H,9,16-19,21H2,1-2H3. The van der Waals surface area contributed by atoms with Crippen molar-refractivity contribution in [2.24, 2.45) is 5.92 Å². The summed E-state index contributed by atoms with van der Waals surface area (Å²) in [6.45, 7) is 9.84. The molecule has 4 rings (SSSR count). The molecule has 0 bridgehead atoms. The van der Waals surface area contributed by atoms with Crippen LogP contribution in [-0.2, 0) is 0 Å². The number of nitrogens with zero attached hydrogens (tertiary/aromatic N) is 2. The van der Waals surface area contributed by atoms with Gasteiger partial charge in [0.25, 0.3) is 0 Å². The van der Waals surface area contributed by atoms with Crippen LogP contribution in [0.5, 0.6) is 0 Å². The topological polar surface area (TPSA) is 18.5 Å². The Morgan fingerprint density at radius 1 is 0.812 bits per heavy atom. The lowest BCUT2D eigenvalue weighted by atomic mass is 9.98. The van der Waals surface area contributed by atoms with Gasteiger partial charge in [0.15, 0.2) is 0 Å². The number of anilines is 2. The minimum atomic E-state index is -0.220. The van der Waals surface area contributed by atoms with Crippen LogP contribution in [0.2, 0.25) is 0 Å². The molecule has 168 valence electrons. The number of benzene rings is 3. The fourth-order valence-corrected chi connectivity index (χ4v) is 4.55. The van der Waals surface area contributed by atoms with Gasteiger partial charge in [-0.15, -0.1) is 0 Å². The number of rotatable bonds is 7. The van der Waals surface area contributed by atoms with Gasteiger partial charge in [0.2, 0.25) is 0 Å². The Balaban J connectivity index is 1.56. The zero-order valence-corrected chi connectivity index (χ0v) is 19.2. The minimum Gasteiger partial charge on any atom is -0.372 e. The highest BCUT2D eigenvalue weighted by Crippen LogP contribution is 2.30. The van der Waals surface area contributed by atoms with E-state index in [4.69, 9.17) is 0 Å². The Labute approximate surface area is 191 Å². The second kappa shape index (κ2) is 10.6. The molecule has 3 aromatic carbocycles. The van der Waals surface area contributed by atoms with E-state index in [-0.39, 0.29) is 11.9 Å². The maximum Gasteiger partial charge on any atom is 0.146 e. The molecule has 0 aromatic heterocycles. The average molecular weight is 432 g/mol. The highest BCUT2D eigenvalue weighted by molar-refractivity contribution is 5.61. The summed E-state index contributed by atoms with van der Waals surface area (Å²) in [7, 11) is 0. The fraction of sp³-hybridized carbons (Fsp3) is 0.357. The Bertz CT molecular complexity index is 935. The Kier molecular flexibility index (Phi) is 7.43. The van der Waals surface area contributed by atoms with Crippen molar-refractivity contribution in [2.75, 3.05) is 42.9 Å². The lowest BCUT2D eigenvalue weighted by Gasteiger charge is -2.26. The van der Waals surface area contributed by atoms with Crippen LogP contribution in [0, 0.1) is 11.7 Å². The second-order valence-corrected chi connectivity index (χ2v) is 9.10. The van der Waals surface area contributed by atoms with E-state index in [2.05, 4.69) is 53.2 Å². The molecule has 1 N–H and O–H groups in total. The van der Waals surface area contributed by atoms with Gasteiger partial charge < -0.3 is 15.1 Å². The molecule has 0 unspecified atom stereocenters. The summed E-state index contributed by atoms with van der Waals surface area (Å²) in [4.78, 5) is 4.94. The van der Waals surface area contributed by atoms with Gasteiger partial charge in [-0.25, -0.2) is 4.39 Å². The van der Waals surface area contributed by atoms with Crippen molar-refractivity contribution in [3.8, 4) is 0 Å². The molecule has 3 aromatic rings. The molecule has 0 amide bonds. The number of hydrogen-bond acceptors (Lipinski definition) is 3. The smallest absolute Gasteiger partial charge is 0.146 e. The van der Waals surface area contributed by atoms with Crippen LogP contribution in [0.15, 0.2) is 78.9 Å². The molecule has 1 heterocycles. The van der Waals surface area contributed by atoms with Crippen LogP contribution in [0.25, 0.3) is 0 Å². The van der Waals surface area contributed by atoms with E-state index in [0.717, 1.165) is 56.0 Å². The van der Waals surface area contributed by atoms with Gasteiger partial charge in [-0.2, -0.15) is 0 Å². The van der Waals surface area contributed by atoms with Crippen molar-refractivity contribution in [2.45, 2.75) is 26.3 Å². The highest BCUT2D eigenvalue weighted by Gasteiger charge is 2.19. The Hall–Kier alpha value is -2.85. The van der Waals surface area contributed by atoms with E-state index in [0.29, 0.717) is 11.6 Å². The predicted molar refractivity (Wildman–Crippen MR) is 133 cm³/mol. The molecule has 0 spiro atoms. The number of hydrogen-bond donors (Lipinski definition) is 1. The lowest BCUT2D eigenvalue weighted by molar-refractivity contribution is 0.261. The van der Waals surface area contributed by atoms with E-state index in [1.54, 1.807) is 6.07 Å². The summed E-state index contributed by atoms with van der Waals surface area (Å²) in [6, 6.07) is 25.9. The Morgan fingerprint density at radius 3 is 2.09 bits per heavy atom. The highest BCUT2D eigenvalue weighted by atomic mass is 19.1. The minimum absolute atomic E-state index is 0.118. The second-order valence-electron chi connectivity index (χ2n) is 9.10. The van der Waals surface area contributed by atoms with E-state index in [1.807, 2.05) is 48.5 Å². The maximum atomic E-state index is 14.9. The summed E-state index contributed by atoms with van der Waals surface area (Å²) in [5, 5.41) is 3.50. The van der Waals surface area contributed by atoms with Crippen molar-refractivity contribution in [1.29, 1.82) is 0 Å². The molecule has 1 saturated heterocycles. The largest absolute Gasteiger partial charge is 0.372 e. The van der Waals surface area contributed by atoms with Crippen LogP contribution in [0.3, 0.4) is 0 Å². The third-order valence-electron chi connectivity index (χ3n) is 6.09. The van der Waals surface area contributed by atoms with Crippen molar-refractivity contribution >= 4 is 11.4 Å². The Morgan fingerprint density at radius 2 is 1.47 bits per heavy atom. The first-order valence-electron chi connectivity index (χ1n) is 11.7. The first kappa shape index (κ1) is 22.3. The summed E-state index contributed by atoms with van der Waals surface area (Å²) >= 11 is 0. The number of halogens is 1. The first-order chi connectivity index (χ1) is 15.6. The van der Waals surface area contributed by atoms with Gasteiger partial charge >= 0.3 is 0 Å². The van der Waals surface area contributed by atoms with E-state index in [9.17, 15) is 4.39 Å². The fourth-order valence-electron chi connectivity index (χ4n) is 4.55. The van der Waals surface area contributed by atoms with Gasteiger partial charge in [0, 0.05) is 31.9 Å². The summed E-state index contributed by atoms with van der Waals surface area (Å²) in [6.07, 6.45) is 1.13. The quantitative estimate of drug-likeness (QED) is 0.481. The van der Waals surface area contributed by atoms with Crippen LogP contribution >= 0.6 is 0 Å². The van der Waals surface area contributed by atoms with Gasteiger partial charge in [0.05, 0.1) is 11.7 Å². The molecule has 32 heavy (non-hydrogen) atoms. The molecule has 1 fully saturated rings. The molecule has 0 radical (unpaired) electrons. The van der Waals surface area contributed by atoms with Crippen LogP contribution in [0.4, 0.5) is 15.8 Å².